The second-order valence-electron chi connectivity index (χ2n) is 8.11. The zero-order valence-corrected chi connectivity index (χ0v) is 18.5. The van der Waals surface area contributed by atoms with Crippen molar-refractivity contribution in [3.8, 4) is 0 Å². The third kappa shape index (κ3) is 5.03. The van der Waals surface area contributed by atoms with Crippen LogP contribution in [0.4, 0.5) is 16.2 Å². The van der Waals surface area contributed by atoms with Crippen LogP contribution in [-0.2, 0) is 6.54 Å². The fraction of sp³-hybridized carbons (Fsp3) is 0.280. The molecular formula is C25H27ClN4O2. The maximum absolute atomic E-state index is 13.2. The maximum atomic E-state index is 13.2. The summed E-state index contributed by atoms with van der Waals surface area (Å²) in [6, 6.07) is 16.3. The lowest BCUT2D eigenvalue weighted by atomic mass is 9.95. The third-order valence-corrected chi connectivity index (χ3v) is 6.19. The molecule has 0 bridgehead atoms. The average Bonchev–Trinajstić information content (AvgIpc) is 2.80. The molecule has 5 N–H and O–H groups in total. The molecule has 4 rings (SSSR count). The number of amides is 3. The first kappa shape index (κ1) is 22.1. The summed E-state index contributed by atoms with van der Waals surface area (Å²) in [6.07, 6.45) is 5.42. The molecule has 3 aromatic rings. The summed E-state index contributed by atoms with van der Waals surface area (Å²) in [7, 11) is 0. The molecule has 1 saturated carbocycles. The molecule has 0 heterocycles. The van der Waals surface area contributed by atoms with E-state index in [1.54, 1.807) is 18.2 Å². The average molecular weight is 451 g/mol. The van der Waals surface area contributed by atoms with Crippen LogP contribution in [0.1, 0.15) is 48.0 Å². The summed E-state index contributed by atoms with van der Waals surface area (Å²) >= 11 is 6.26. The van der Waals surface area contributed by atoms with Crippen molar-refractivity contribution >= 4 is 45.7 Å². The van der Waals surface area contributed by atoms with Gasteiger partial charge in [0.2, 0.25) is 0 Å². The van der Waals surface area contributed by atoms with E-state index in [2.05, 4.69) is 16.0 Å². The van der Waals surface area contributed by atoms with Gasteiger partial charge in [-0.25, -0.2) is 4.79 Å². The molecule has 6 nitrogen and oxygen atoms in total. The zero-order valence-electron chi connectivity index (χ0n) is 17.8. The minimum atomic E-state index is -0.491. The van der Waals surface area contributed by atoms with Gasteiger partial charge < -0.3 is 21.7 Å². The molecule has 32 heavy (non-hydrogen) atoms. The second-order valence-corrected chi connectivity index (χ2v) is 8.52. The largest absolute Gasteiger partial charge is 0.349 e. The van der Waals surface area contributed by atoms with Gasteiger partial charge in [-0.15, -0.1) is 0 Å². The van der Waals surface area contributed by atoms with Gasteiger partial charge in [0.05, 0.1) is 22.0 Å². The fourth-order valence-electron chi connectivity index (χ4n) is 4.19. The van der Waals surface area contributed by atoms with Crippen LogP contribution in [0.5, 0.6) is 0 Å². The quantitative estimate of drug-likeness (QED) is 0.404. The Labute approximate surface area is 192 Å². The number of para-hydroxylation sites is 1. The Balaban J connectivity index is 1.61. The van der Waals surface area contributed by atoms with Crippen molar-refractivity contribution in [1.82, 2.24) is 5.32 Å². The first-order valence-electron chi connectivity index (χ1n) is 10.9. The lowest BCUT2D eigenvalue weighted by molar-refractivity contribution is 0.0928. The van der Waals surface area contributed by atoms with E-state index < -0.39 is 6.03 Å². The first-order valence-corrected chi connectivity index (χ1v) is 11.3. The highest BCUT2D eigenvalue weighted by atomic mass is 35.5. The molecule has 166 valence electrons. The summed E-state index contributed by atoms with van der Waals surface area (Å²) in [6.45, 7) is 0.237. The Bertz CT molecular complexity index is 1140. The van der Waals surface area contributed by atoms with Crippen LogP contribution in [0.3, 0.4) is 0 Å². The van der Waals surface area contributed by atoms with E-state index in [0.717, 1.165) is 42.0 Å². The predicted octanol–water partition coefficient (Wildman–Crippen LogP) is 5.66. The van der Waals surface area contributed by atoms with E-state index >= 15 is 0 Å². The smallest absolute Gasteiger partial charge is 0.323 e. The predicted molar refractivity (Wildman–Crippen MR) is 130 cm³/mol. The molecule has 0 spiro atoms. The topological polar surface area (TPSA) is 96.2 Å². The normalized spacial score (nSPS) is 14.2. The van der Waals surface area contributed by atoms with Crippen LogP contribution in [-0.4, -0.2) is 18.0 Å². The molecule has 3 aromatic carbocycles. The van der Waals surface area contributed by atoms with Gasteiger partial charge in [-0.1, -0.05) is 67.3 Å². The van der Waals surface area contributed by atoms with E-state index in [1.165, 1.54) is 6.42 Å². The van der Waals surface area contributed by atoms with Crippen LogP contribution < -0.4 is 21.7 Å². The van der Waals surface area contributed by atoms with Gasteiger partial charge in [0, 0.05) is 12.6 Å². The van der Waals surface area contributed by atoms with E-state index in [0.29, 0.717) is 22.0 Å². The molecule has 0 aliphatic heterocycles. The van der Waals surface area contributed by atoms with Crippen molar-refractivity contribution in [2.24, 2.45) is 5.73 Å². The van der Waals surface area contributed by atoms with Crippen LogP contribution in [0.15, 0.2) is 54.6 Å². The molecule has 0 aromatic heterocycles. The van der Waals surface area contributed by atoms with Crippen molar-refractivity contribution in [3.05, 3.63) is 70.7 Å². The Kier molecular flexibility index (Phi) is 6.93. The molecule has 1 aliphatic carbocycles. The molecule has 0 radical (unpaired) electrons. The molecule has 0 atom stereocenters. The summed E-state index contributed by atoms with van der Waals surface area (Å²) in [4.78, 5) is 26.0. The van der Waals surface area contributed by atoms with E-state index in [1.807, 2.05) is 36.4 Å². The number of benzene rings is 3. The van der Waals surface area contributed by atoms with Gasteiger partial charge in [0.25, 0.3) is 5.91 Å². The number of nitrogens with two attached hydrogens (primary N) is 1. The Morgan fingerprint density at radius 2 is 1.66 bits per heavy atom. The van der Waals surface area contributed by atoms with E-state index in [9.17, 15) is 9.59 Å². The Morgan fingerprint density at radius 1 is 0.938 bits per heavy atom. The number of fused-ring (bicyclic) bond motifs is 1. The first-order chi connectivity index (χ1) is 15.5. The third-order valence-electron chi connectivity index (χ3n) is 5.88. The van der Waals surface area contributed by atoms with Crippen LogP contribution in [0.25, 0.3) is 10.8 Å². The number of anilines is 2. The highest BCUT2D eigenvalue weighted by Gasteiger charge is 2.20. The van der Waals surface area contributed by atoms with Gasteiger partial charge in [-0.3, -0.25) is 4.79 Å². The molecule has 0 saturated heterocycles. The minimum absolute atomic E-state index is 0.166. The molecule has 1 fully saturated rings. The monoisotopic (exact) mass is 450 g/mol. The van der Waals surface area contributed by atoms with Gasteiger partial charge in [0.15, 0.2) is 0 Å². The highest BCUT2D eigenvalue weighted by Crippen LogP contribution is 2.28. The molecular weight excluding hydrogens is 424 g/mol. The lowest BCUT2D eigenvalue weighted by Crippen LogP contribution is -2.36. The molecule has 3 amide bonds. The van der Waals surface area contributed by atoms with E-state index in [-0.39, 0.29) is 18.5 Å². The number of nitrogens with one attached hydrogen (secondary N) is 3. The summed E-state index contributed by atoms with van der Waals surface area (Å²) < 4.78 is 0. The van der Waals surface area contributed by atoms with Crippen LogP contribution in [0, 0.1) is 0 Å². The summed E-state index contributed by atoms with van der Waals surface area (Å²) in [5.74, 6) is -0.182. The van der Waals surface area contributed by atoms with Crippen molar-refractivity contribution in [3.63, 3.8) is 0 Å². The minimum Gasteiger partial charge on any atom is -0.349 e. The number of hydrogen-bond donors (Lipinski definition) is 4. The van der Waals surface area contributed by atoms with Gasteiger partial charge in [-0.05, 0) is 47.4 Å². The van der Waals surface area contributed by atoms with Gasteiger partial charge >= 0.3 is 6.03 Å². The Hall–Kier alpha value is -3.09. The summed E-state index contributed by atoms with van der Waals surface area (Å²) in [5.41, 5.74) is 7.84. The number of carbonyl (C=O) groups excluding carboxylic acids is 2. The van der Waals surface area contributed by atoms with Crippen molar-refractivity contribution in [2.45, 2.75) is 44.7 Å². The number of rotatable bonds is 5. The van der Waals surface area contributed by atoms with Crippen LogP contribution in [0.2, 0.25) is 5.02 Å². The number of urea groups is 1. The van der Waals surface area contributed by atoms with Crippen LogP contribution >= 0.6 is 11.6 Å². The highest BCUT2D eigenvalue weighted by molar-refractivity contribution is 6.34. The standard InChI is InChI=1S/C25H27ClN4O2/c26-21-12-6-9-18(15-27)23(21)30-25(32)29-22-14-17-8-5-4-7-16(17)13-20(22)24(31)28-19-10-2-1-3-11-19/h4-9,12-14,19H,1-3,10-11,15,27H2,(H,28,31)(H2,29,30,32). The Morgan fingerprint density at radius 3 is 2.38 bits per heavy atom. The van der Waals surface area contributed by atoms with Crippen molar-refractivity contribution in [1.29, 1.82) is 0 Å². The second kappa shape index (κ2) is 10.0. The van der Waals surface area contributed by atoms with Gasteiger partial charge in [0.1, 0.15) is 0 Å². The molecule has 1 aliphatic rings. The van der Waals surface area contributed by atoms with Gasteiger partial charge in [-0.2, -0.15) is 0 Å². The van der Waals surface area contributed by atoms with Crippen molar-refractivity contribution < 1.29 is 9.59 Å². The maximum Gasteiger partial charge on any atom is 0.323 e. The number of hydrogen-bond acceptors (Lipinski definition) is 3. The lowest BCUT2D eigenvalue weighted by Gasteiger charge is -2.23. The molecule has 7 heteroatoms. The number of carbonyl (C=O) groups is 2. The molecule has 0 unspecified atom stereocenters. The fourth-order valence-corrected chi connectivity index (χ4v) is 4.43. The van der Waals surface area contributed by atoms with E-state index in [4.69, 9.17) is 17.3 Å². The number of halogens is 1. The summed E-state index contributed by atoms with van der Waals surface area (Å²) in [5, 5.41) is 11.0. The van der Waals surface area contributed by atoms with Crippen molar-refractivity contribution in [2.75, 3.05) is 10.6 Å². The SMILES string of the molecule is NCc1cccc(Cl)c1NC(=O)Nc1cc2ccccc2cc1C(=O)NC1CCCCC1. The zero-order chi connectivity index (χ0) is 22.5.